The van der Waals surface area contributed by atoms with Crippen molar-refractivity contribution in [3.05, 3.63) is 59.9 Å². The molecule has 6 nitrogen and oxygen atoms in total. The molecule has 0 amide bonds. The molecule has 1 atom stereocenters. The summed E-state index contributed by atoms with van der Waals surface area (Å²) in [6.45, 7) is 1.93. The van der Waals surface area contributed by atoms with Crippen LogP contribution in [0.5, 0.6) is 0 Å². The highest BCUT2D eigenvalue weighted by atomic mass is 35.5. The molecule has 0 bridgehead atoms. The maximum absolute atomic E-state index is 14.0. The number of nitrogen functional groups attached to an aromatic ring is 1. The third-order valence-corrected chi connectivity index (χ3v) is 5.66. The minimum Gasteiger partial charge on any atom is -0.383 e. The first-order valence-electron chi connectivity index (χ1n) is 9.35. The molecule has 1 aliphatic heterocycles. The fourth-order valence-electron chi connectivity index (χ4n) is 3.71. The van der Waals surface area contributed by atoms with Gasteiger partial charge in [0, 0.05) is 57.6 Å². The fraction of sp³-hybridized carbons (Fsp3) is 0.190. The zero-order valence-electron chi connectivity index (χ0n) is 15.4. The molecular weight excluding hydrogens is 391 g/mol. The van der Waals surface area contributed by atoms with E-state index in [-0.39, 0.29) is 5.82 Å². The summed E-state index contributed by atoms with van der Waals surface area (Å²) >= 11 is 6.26. The lowest BCUT2D eigenvalue weighted by Gasteiger charge is -2.09. The van der Waals surface area contributed by atoms with Gasteiger partial charge < -0.3 is 11.1 Å². The van der Waals surface area contributed by atoms with Gasteiger partial charge >= 0.3 is 0 Å². The Bertz CT molecular complexity index is 1220. The Balaban J connectivity index is 1.56. The number of nitrogens with one attached hydrogen (secondary N) is 1. The van der Waals surface area contributed by atoms with Crippen molar-refractivity contribution in [1.29, 1.82) is 0 Å². The molecule has 4 aromatic rings. The highest BCUT2D eigenvalue weighted by Crippen LogP contribution is 2.33. The first-order chi connectivity index (χ1) is 14.1. The molecule has 1 saturated heterocycles. The van der Waals surface area contributed by atoms with Gasteiger partial charge in [-0.15, -0.1) is 0 Å². The topological polar surface area (TPSA) is 81.6 Å². The molecule has 1 unspecified atom stereocenters. The first kappa shape index (κ1) is 18.0. The summed E-state index contributed by atoms with van der Waals surface area (Å²) < 4.78 is 16.0. The lowest BCUT2D eigenvalue weighted by atomic mass is 10.0. The van der Waals surface area contributed by atoms with Crippen molar-refractivity contribution >= 4 is 28.2 Å². The molecular formula is C21H18ClFN6. The average molecular weight is 409 g/mol. The molecule has 3 aromatic heterocycles. The van der Waals surface area contributed by atoms with E-state index in [0.29, 0.717) is 38.9 Å². The van der Waals surface area contributed by atoms with E-state index in [2.05, 4.69) is 20.4 Å². The Morgan fingerprint density at radius 1 is 1.10 bits per heavy atom. The number of hydrogen-bond acceptors (Lipinski definition) is 5. The zero-order valence-corrected chi connectivity index (χ0v) is 16.2. The van der Waals surface area contributed by atoms with Gasteiger partial charge in [0.25, 0.3) is 0 Å². The van der Waals surface area contributed by atoms with Crippen LogP contribution < -0.4 is 11.1 Å². The van der Waals surface area contributed by atoms with Gasteiger partial charge in [0.15, 0.2) is 0 Å². The van der Waals surface area contributed by atoms with Crippen LogP contribution in [0.1, 0.15) is 12.5 Å². The molecule has 3 N–H and O–H groups in total. The van der Waals surface area contributed by atoms with Gasteiger partial charge in [-0.25, -0.2) is 9.37 Å². The molecule has 5 rings (SSSR count). The first-order valence-corrected chi connectivity index (χ1v) is 9.73. The van der Waals surface area contributed by atoms with Crippen LogP contribution in [0.2, 0.25) is 5.02 Å². The van der Waals surface area contributed by atoms with E-state index in [4.69, 9.17) is 17.3 Å². The summed E-state index contributed by atoms with van der Waals surface area (Å²) in [4.78, 5) is 8.74. The van der Waals surface area contributed by atoms with E-state index in [9.17, 15) is 4.39 Å². The number of halogens is 2. The van der Waals surface area contributed by atoms with Crippen molar-refractivity contribution in [3.8, 4) is 22.4 Å². The molecule has 29 heavy (non-hydrogen) atoms. The maximum Gasteiger partial charge on any atom is 0.132 e. The number of nitrogens with zero attached hydrogens (tertiary/aromatic N) is 4. The van der Waals surface area contributed by atoms with Crippen LogP contribution in [0.4, 0.5) is 10.2 Å². The van der Waals surface area contributed by atoms with E-state index >= 15 is 0 Å². The SMILES string of the molecule is Nc1ncc(-c2cnn(C3CCNC3)c2)cc1-c1cc2c(Cl)ccc(F)c2cn1. The van der Waals surface area contributed by atoms with E-state index in [1.165, 1.54) is 18.3 Å². The zero-order chi connectivity index (χ0) is 20.0. The van der Waals surface area contributed by atoms with Crippen molar-refractivity contribution < 1.29 is 4.39 Å². The largest absolute Gasteiger partial charge is 0.383 e. The Kier molecular flexibility index (Phi) is 4.41. The number of aromatic nitrogens is 4. The van der Waals surface area contributed by atoms with Crippen molar-refractivity contribution in [1.82, 2.24) is 25.1 Å². The number of hydrogen-bond donors (Lipinski definition) is 2. The lowest BCUT2D eigenvalue weighted by Crippen LogP contribution is -2.13. The van der Waals surface area contributed by atoms with E-state index in [1.807, 2.05) is 23.1 Å². The third kappa shape index (κ3) is 3.22. The van der Waals surface area contributed by atoms with Gasteiger partial charge in [-0.05, 0) is 37.2 Å². The maximum atomic E-state index is 14.0. The van der Waals surface area contributed by atoms with E-state index < -0.39 is 0 Å². The van der Waals surface area contributed by atoms with Crippen molar-refractivity contribution in [2.45, 2.75) is 12.5 Å². The van der Waals surface area contributed by atoms with Crippen LogP contribution in [0.15, 0.2) is 49.1 Å². The summed E-state index contributed by atoms with van der Waals surface area (Å²) in [5.41, 5.74) is 9.22. The number of pyridine rings is 2. The van der Waals surface area contributed by atoms with Crippen molar-refractivity contribution in [3.63, 3.8) is 0 Å². The molecule has 146 valence electrons. The van der Waals surface area contributed by atoms with E-state index in [1.54, 1.807) is 12.3 Å². The van der Waals surface area contributed by atoms with Gasteiger partial charge in [0.1, 0.15) is 11.6 Å². The van der Waals surface area contributed by atoms with Crippen LogP contribution in [-0.2, 0) is 0 Å². The second-order valence-electron chi connectivity index (χ2n) is 7.16. The molecule has 0 saturated carbocycles. The highest BCUT2D eigenvalue weighted by molar-refractivity contribution is 6.35. The minimum absolute atomic E-state index is 0.348. The van der Waals surface area contributed by atoms with Crippen LogP contribution in [0, 0.1) is 5.82 Å². The van der Waals surface area contributed by atoms with E-state index in [0.717, 1.165) is 30.6 Å². The van der Waals surface area contributed by atoms with Gasteiger partial charge in [0.05, 0.1) is 17.9 Å². The predicted molar refractivity (Wildman–Crippen MR) is 112 cm³/mol. The number of anilines is 1. The molecule has 0 spiro atoms. The minimum atomic E-state index is -0.364. The quantitative estimate of drug-likeness (QED) is 0.534. The number of nitrogens with two attached hydrogens (primary N) is 1. The molecule has 1 aromatic carbocycles. The predicted octanol–water partition coefficient (Wildman–Crippen LogP) is 4.07. The second kappa shape index (κ2) is 7.09. The molecule has 8 heteroatoms. The summed E-state index contributed by atoms with van der Waals surface area (Å²) in [5.74, 6) is -0.0161. The van der Waals surface area contributed by atoms with Crippen molar-refractivity contribution in [2.24, 2.45) is 0 Å². The van der Waals surface area contributed by atoms with Gasteiger partial charge in [-0.2, -0.15) is 5.10 Å². The van der Waals surface area contributed by atoms with Crippen LogP contribution in [0.3, 0.4) is 0 Å². The summed E-state index contributed by atoms with van der Waals surface area (Å²) in [7, 11) is 0. The molecule has 1 aliphatic rings. The smallest absolute Gasteiger partial charge is 0.132 e. The van der Waals surface area contributed by atoms with Gasteiger partial charge in [0.2, 0.25) is 0 Å². The second-order valence-corrected chi connectivity index (χ2v) is 7.56. The Morgan fingerprint density at radius 3 is 2.83 bits per heavy atom. The molecule has 1 fully saturated rings. The highest BCUT2D eigenvalue weighted by Gasteiger charge is 2.18. The Labute approximate surface area is 171 Å². The fourth-order valence-corrected chi connectivity index (χ4v) is 3.93. The summed E-state index contributed by atoms with van der Waals surface area (Å²) in [6.07, 6.45) is 8.11. The standard InChI is InChI=1S/C21H18ClFN6/c22-18-1-2-19(23)17-10-26-20(6-15(17)18)16-5-12(7-27-21(16)24)13-8-28-29(11-13)14-3-4-25-9-14/h1-2,5-8,10-11,14,25H,3-4,9H2,(H2,24,27). The van der Waals surface area contributed by atoms with Gasteiger partial charge in [-0.3, -0.25) is 9.67 Å². The Hall–Kier alpha value is -3.03. The summed E-state index contributed by atoms with van der Waals surface area (Å²) in [6, 6.07) is 6.90. The van der Waals surface area contributed by atoms with Crippen LogP contribution >= 0.6 is 11.6 Å². The third-order valence-electron chi connectivity index (χ3n) is 5.33. The molecule has 0 aliphatic carbocycles. The lowest BCUT2D eigenvalue weighted by molar-refractivity contribution is 0.491. The number of fused-ring (bicyclic) bond motifs is 1. The van der Waals surface area contributed by atoms with Gasteiger partial charge in [-0.1, -0.05) is 11.6 Å². The van der Waals surface area contributed by atoms with Crippen LogP contribution in [-0.4, -0.2) is 32.8 Å². The normalized spacial score (nSPS) is 16.6. The monoisotopic (exact) mass is 408 g/mol. The number of rotatable bonds is 3. The summed E-state index contributed by atoms with van der Waals surface area (Å²) in [5, 5.41) is 9.26. The Morgan fingerprint density at radius 2 is 2.00 bits per heavy atom. The molecule has 4 heterocycles. The van der Waals surface area contributed by atoms with Crippen LogP contribution in [0.25, 0.3) is 33.2 Å². The number of benzene rings is 1. The molecule has 0 radical (unpaired) electrons. The van der Waals surface area contributed by atoms with Crippen molar-refractivity contribution in [2.75, 3.05) is 18.8 Å². The average Bonchev–Trinajstić information content (AvgIpc) is 3.43.